The van der Waals surface area contributed by atoms with Crippen molar-refractivity contribution in [3.05, 3.63) is 88.7 Å². The summed E-state index contributed by atoms with van der Waals surface area (Å²) in [7, 11) is 0. The maximum Gasteiger partial charge on any atom is 0.195 e. The van der Waals surface area contributed by atoms with Gasteiger partial charge in [0.2, 0.25) is 0 Å². The third-order valence-corrected chi connectivity index (χ3v) is 9.42. The first kappa shape index (κ1) is 39.6. The van der Waals surface area contributed by atoms with Gasteiger partial charge in [0.1, 0.15) is 0 Å². The van der Waals surface area contributed by atoms with E-state index >= 15 is 0 Å². The molecule has 0 unspecified atom stereocenters. The molecule has 0 atom stereocenters. The average molecular weight is 829 g/mol. The summed E-state index contributed by atoms with van der Waals surface area (Å²) in [6.45, 7) is 22.4. The molecule has 1 aliphatic carbocycles. The normalized spacial score (nSPS) is 15.6. The van der Waals surface area contributed by atoms with Crippen molar-refractivity contribution in [2.75, 3.05) is 0 Å². The Labute approximate surface area is 302 Å². The van der Waals surface area contributed by atoms with Crippen LogP contribution in [-0.2, 0) is 30.3 Å². The maximum absolute atomic E-state index is 13.0. The van der Waals surface area contributed by atoms with Crippen molar-refractivity contribution in [1.29, 1.82) is 0 Å². The van der Waals surface area contributed by atoms with Gasteiger partial charge in [-0.05, 0) is 98.8 Å². The number of aromatic nitrogens is 1. The van der Waals surface area contributed by atoms with Crippen LogP contribution in [0.1, 0.15) is 123 Å². The van der Waals surface area contributed by atoms with E-state index in [0.717, 1.165) is 22.9 Å². The zero-order valence-corrected chi connectivity index (χ0v) is 33.3. The number of alkyl halides is 1. The van der Waals surface area contributed by atoms with Gasteiger partial charge in [0.25, 0.3) is 0 Å². The molecule has 4 aromatic rings. The number of aliphatic hydroxyl groups excluding tert-OH is 1. The summed E-state index contributed by atoms with van der Waals surface area (Å²) in [5, 5.41) is 13.1. The van der Waals surface area contributed by atoms with Crippen LogP contribution in [0.4, 0.5) is 4.39 Å². The maximum atomic E-state index is 13.0. The van der Waals surface area contributed by atoms with E-state index in [4.69, 9.17) is 4.98 Å². The number of hydrogen-bond donors (Lipinski definition) is 1. The summed E-state index contributed by atoms with van der Waals surface area (Å²) in [5.74, 6) is 0.115. The summed E-state index contributed by atoms with van der Waals surface area (Å²) < 4.78 is 13.0. The molecule has 3 aromatic carbocycles. The Hall–Kier alpha value is -2.88. The number of fused-ring (bicyclic) bond motifs is 2. The molecule has 1 aliphatic rings. The van der Waals surface area contributed by atoms with Gasteiger partial charge in [-0.2, -0.15) is 0 Å². The van der Waals surface area contributed by atoms with Crippen molar-refractivity contribution in [2.45, 2.75) is 125 Å². The molecule has 0 spiro atoms. The molecular formula is C43H55FIrNO2-. The number of benzene rings is 3. The number of aryl methyl sites for hydroxylation is 2. The quantitative estimate of drug-likeness (QED) is 0.120. The third kappa shape index (κ3) is 9.85. The SMILES string of the molecule is CC(C)C/C(O)=C/C(=O)C(C)(C)F.Cc1cc(C)c2c(C3CCC(C)(C)CC3)cc(-c3[c-]c4ccccc4c(C(C)(C)C)c3)nc2c1.[Ir]. The van der Waals surface area contributed by atoms with E-state index in [9.17, 15) is 14.3 Å². The van der Waals surface area contributed by atoms with Gasteiger partial charge in [-0.15, -0.1) is 29.1 Å². The Kier molecular flexibility index (Phi) is 12.6. The van der Waals surface area contributed by atoms with Gasteiger partial charge in [0.15, 0.2) is 11.5 Å². The molecule has 48 heavy (non-hydrogen) atoms. The van der Waals surface area contributed by atoms with E-state index in [-0.39, 0.29) is 37.2 Å². The Morgan fingerprint density at radius 1 is 1.04 bits per heavy atom. The Balaban J connectivity index is 0.000000382. The van der Waals surface area contributed by atoms with Crippen LogP contribution >= 0.6 is 0 Å². The van der Waals surface area contributed by atoms with Crippen molar-refractivity contribution in [2.24, 2.45) is 11.3 Å². The zero-order valence-electron chi connectivity index (χ0n) is 30.9. The van der Waals surface area contributed by atoms with Crippen molar-refractivity contribution in [3.8, 4) is 11.3 Å². The van der Waals surface area contributed by atoms with Crippen LogP contribution in [0, 0.1) is 31.2 Å². The molecule has 0 aliphatic heterocycles. The van der Waals surface area contributed by atoms with Gasteiger partial charge in [-0.3, -0.25) is 9.78 Å². The largest absolute Gasteiger partial charge is 0.512 e. The van der Waals surface area contributed by atoms with Crippen LogP contribution in [0.25, 0.3) is 32.9 Å². The molecule has 1 radical (unpaired) electrons. The van der Waals surface area contributed by atoms with Crippen LogP contribution < -0.4 is 0 Å². The summed E-state index contributed by atoms with van der Waals surface area (Å²) in [4.78, 5) is 16.3. The number of rotatable bonds is 6. The molecule has 5 heteroatoms. The molecule has 0 saturated heterocycles. The Bertz CT molecular complexity index is 1780. The summed E-state index contributed by atoms with van der Waals surface area (Å²) in [6, 6.07) is 21.7. The van der Waals surface area contributed by atoms with Gasteiger partial charge in [-0.1, -0.05) is 89.7 Å². The number of carbonyl (C=O) groups is 1. The fourth-order valence-electron chi connectivity index (χ4n) is 6.75. The molecule has 1 heterocycles. The van der Waals surface area contributed by atoms with E-state index in [1.807, 2.05) is 13.8 Å². The standard InChI is InChI=1S/C33H38N.C10H17FO2.Ir/c1-21-16-22(2)31-27(23-12-14-33(6,7)15-13-23)20-29(34-30(31)17-21)25-18-24-10-8-9-11-26(24)28(19-25)32(3,4)5;1-7(2)5-8(12)6-9(13)10(3,4)11;/h8-11,16-17,19-20,23H,12-15H2,1-7H3;6-7,12H,5H2,1-4H3;/q-1;;/b;8-6-;. The minimum Gasteiger partial charge on any atom is -0.512 e. The second kappa shape index (κ2) is 15.3. The smallest absolute Gasteiger partial charge is 0.195 e. The molecular weight excluding hydrogens is 774 g/mol. The van der Waals surface area contributed by atoms with Crippen LogP contribution in [-0.4, -0.2) is 21.5 Å². The topological polar surface area (TPSA) is 50.2 Å². The monoisotopic (exact) mass is 829 g/mol. The van der Waals surface area contributed by atoms with Gasteiger partial charge >= 0.3 is 0 Å². The van der Waals surface area contributed by atoms with Crippen LogP contribution in [0.3, 0.4) is 0 Å². The number of hydrogen-bond acceptors (Lipinski definition) is 3. The second-order valence-electron chi connectivity index (χ2n) is 16.5. The molecule has 1 fully saturated rings. The van der Waals surface area contributed by atoms with Crippen molar-refractivity contribution >= 4 is 27.5 Å². The first-order chi connectivity index (χ1) is 21.7. The zero-order chi connectivity index (χ0) is 34.9. The second-order valence-corrected chi connectivity index (χ2v) is 16.5. The number of pyridine rings is 1. The fourth-order valence-corrected chi connectivity index (χ4v) is 6.75. The van der Waals surface area contributed by atoms with Crippen molar-refractivity contribution < 1.29 is 34.4 Å². The Morgan fingerprint density at radius 2 is 1.67 bits per heavy atom. The number of halogens is 1. The van der Waals surface area contributed by atoms with E-state index < -0.39 is 11.5 Å². The van der Waals surface area contributed by atoms with Gasteiger partial charge in [-0.25, -0.2) is 4.39 Å². The van der Waals surface area contributed by atoms with E-state index in [1.54, 1.807) is 0 Å². The fraction of sp³-hybridized carbons (Fsp3) is 0.488. The average Bonchev–Trinajstić information content (AvgIpc) is 2.94. The molecule has 1 N–H and O–H groups in total. The molecule has 0 amide bonds. The number of allylic oxidation sites excluding steroid dienone is 2. The predicted octanol–water partition coefficient (Wildman–Crippen LogP) is 12.2. The summed E-state index contributed by atoms with van der Waals surface area (Å²) >= 11 is 0. The number of aliphatic hydroxyl groups is 1. The number of carbonyl (C=O) groups excluding carboxylic acids is 1. The summed E-state index contributed by atoms with van der Waals surface area (Å²) in [5.41, 5.74) is 7.41. The van der Waals surface area contributed by atoms with E-state index in [0.29, 0.717) is 17.8 Å². The van der Waals surface area contributed by atoms with Crippen LogP contribution in [0.5, 0.6) is 0 Å². The van der Waals surface area contributed by atoms with Crippen molar-refractivity contribution in [3.63, 3.8) is 0 Å². The minimum atomic E-state index is -1.90. The van der Waals surface area contributed by atoms with Gasteiger partial charge in [0, 0.05) is 43.7 Å². The van der Waals surface area contributed by atoms with Crippen LogP contribution in [0.2, 0.25) is 0 Å². The molecule has 261 valence electrons. The van der Waals surface area contributed by atoms with E-state index in [1.165, 1.54) is 77.9 Å². The van der Waals surface area contributed by atoms with E-state index in [2.05, 4.69) is 103 Å². The van der Waals surface area contributed by atoms with Crippen molar-refractivity contribution in [1.82, 2.24) is 4.98 Å². The molecule has 1 saturated carbocycles. The molecule has 3 nitrogen and oxygen atoms in total. The van der Waals surface area contributed by atoms with Gasteiger partial charge < -0.3 is 5.11 Å². The summed E-state index contributed by atoms with van der Waals surface area (Å²) in [6.07, 6.45) is 6.47. The number of ketones is 1. The molecule has 1 aromatic heterocycles. The molecule has 0 bridgehead atoms. The predicted molar refractivity (Wildman–Crippen MR) is 197 cm³/mol. The minimum absolute atomic E-state index is 0. The van der Waals surface area contributed by atoms with Crippen LogP contribution in [0.15, 0.2) is 60.4 Å². The number of nitrogens with zero attached hydrogens (tertiary/aromatic N) is 1. The molecule has 5 rings (SSSR count). The first-order valence-corrected chi connectivity index (χ1v) is 17.3. The van der Waals surface area contributed by atoms with Gasteiger partial charge in [0.05, 0.1) is 11.3 Å². The Morgan fingerprint density at radius 3 is 2.25 bits per heavy atom. The third-order valence-electron chi connectivity index (χ3n) is 9.42. The first-order valence-electron chi connectivity index (χ1n) is 17.3.